The molecule has 0 N–H and O–H groups in total. The fourth-order valence-corrected chi connectivity index (χ4v) is 2.94. The second-order valence-electron chi connectivity index (χ2n) is 6.06. The lowest BCUT2D eigenvalue weighted by Gasteiger charge is -2.36. The van der Waals surface area contributed by atoms with E-state index in [1.807, 2.05) is 17.0 Å². The van der Waals surface area contributed by atoms with Gasteiger partial charge in [-0.05, 0) is 23.6 Å². The molecule has 1 aromatic carbocycles. The van der Waals surface area contributed by atoms with E-state index in [4.69, 9.17) is 11.6 Å². The minimum atomic E-state index is -4.08. The fourth-order valence-electron chi connectivity index (χ4n) is 2.64. The minimum Gasteiger partial charge on any atom is -0.368 e. The summed E-state index contributed by atoms with van der Waals surface area (Å²) in [6, 6.07) is 6.07. The number of alkyl halides is 3. The Morgan fingerprint density at radius 1 is 1.14 bits per heavy atom. The Kier molecular flexibility index (Phi) is 5.61. The predicted molar refractivity (Wildman–Crippen MR) is 84.9 cm³/mol. The molecule has 1 aromatic rings. The molecule has 0 amide bonds. The van der Waals surface area contributed by atoms with Gasteiger partial charge >= 0.3 is 6.18 Å². The lowest BCUT2D eigenvalue weighted by molar-refractivity contribution is -0.138. The second-order valence-corrected chi connectivity index (χ2v) is 6.47. The van der Waals surface area contributed by atoms with Gasteiger partial charge in [-0.1, -0.05) is 31.5 Å². The molecule has 2 nitrogen and oxygen atoms in total. The number of piperazine rings is 1. The van der Waals surface area contributed by atoms with Crippen molar-refractivity contribution in [3.8, 4) is 0 Å². The Labute approximate surface area is 134 Å². The van der Waals surface area contributed by atoms with Gasteiger partial charge in [-0.15, -0.1) is 0 Å². The van der Waals surface area contributed by atoms with Gasteiger partial charge in [-0.25, -0.2) is 0 Å². The Balaban J connectivity index is 1.92. The van der Waals surface area contributed by atoms with Crippen LogP contribution in [0.15, 0.2) is 18.2 Å². The highest BCUT2D eigenvalue weighted by molar-refractivity contribution is 6.33. The summed E-state index contributed by atoms with van der Waals surface area (Å²) in [5.74, 6) is 0.422. The van der Waals surface area contributed by atoms with E-state index in [-0.39, 0.29) is 6.54 Å². The molecule has 0 spiro atoms. The number of nitrogens with zero attached hydrogens (tertiary/aromatic N) is 2. The molecular formula is C16H22ClF3N2. The van der Waals surface area contributed by atoms with Crippen LogP contribution in [-0.2, 0) is 0 Å². The van der Waals surface area contributed by atoms with E-state index in [2.05, 4.69) is 24.8 Å². The topological polar surface area (TPSA) is 6.48 Å². The third-order valence-corrected chi connectivity index (χ3v) is 4.37. The van der Waals surface area contributed by atoms with Crippen LogP contribution >= 0.6 is 11.6 Å². The molecule has 2 rings (SSSR count). The number of hydrogen-bond donors (Lipinski definition) is 0. The summed E-state index contributed by atoms with van der Waals surface area (Å²) < 4.78 is 36.8. The van der Waals surface area contributed by atoms with Crippen LogP contribution in [0.2, 0.25) is 5.02 Å². The first-order valence-corrected chi connectivity index (χ1v) is 7.97. The lowest BCUT2D eigenvalue weighted by atomic mass is 10.0. The van der Waals surface area contributed by atoms with Gasteiger partial charge in [0.15, 0.2) is 0 Å². The van der Waals surface area contributed by atoms with Crippen LogP contribution in [0.4, 0.5) is 18.9 Å². The third-order valence-electron chi connectivity index (χ3n) is 4.06. The number of rotatable bonds is 4. The van der Waals surface area contributed by atoms with Gasteiger partial charge in [0.05, 0.1) is 17.1 Å². The first-order chi connectivity index (χ1) is 10.3. The van der Waals surface area contributed by atoms with E-state index in [1.165, 1.54) is 5.56 Å². The molecule has 0 saturated carbocycles. The average Bonchev–Trinajstić information content (AvgIpc) is 2.45. The minimum absolute atomic E-state index is 0.0807. The molecule has 0 radical (unpaired) electrons. The molecule has 22 heavy (non-hydrogen) atoms. The number of halogens is 4. The van der Waals surface area contributed by atoms with Crippen molar-refractivity contribution in [3.63, 3.8) is 0 Å². The van der Waals surface area contributed by atoms with Gasteiger partial charge < -0.3 is 4.90 Å². The molecule has 1 aliphatic rings. The van der Waals surface area contributed by atoms with Crippen molar-refractivity contribution in [3.05, 3.63) is 28.8 Å². The van der Waals surface area contributed by atoms with E-state index >= 15 is 0 Å². The standard InChI is InChI=1S/C16H22ClF3N2/c1-12(2)13-3-4-15(14(17)11-13)22-9-7-21(8-10-22)6-5-16(18,19)20/h3-4,11-12H,5-10H2,1-2H3. The molecule has 1 aliphatic heterocycles. The first-order valence-electron chi connectivity index (χ1n) is 7.60. The molecule has 1 fully saturated rings. The molecule has 0 unspecified atom stereocenters. The predicted octanol–water partition coefficient (Wildman–Crippen LogP) is 4.54. The Hall–Kier alpha value is -0.940. The maximum Gasteiger partial charge on any atom is 0.390 e. The number of anilines is 1. The molecule has 1 heterocycles. The quantitative estimate of drug-likeness (QED) is 0.797. The summed E-state index contributed by atoms with van der Waals surface area (Å²) in [5, 5.41) is 0.718. The van der Waals surface area contributed by atoms with Crippen molar-refractivity contribution in [1.29, 1.82) is 0 Å². The van der Waals surface area contributed by atoms with Crippen LogP contribution in [0.3, 0.4) is 0 Å². The Morgan fingerprint density at radius 2 is 1.77 bits per heavy atom. The zero-order valence-corrected chi connectivity index (χ0v) is 13.7. The first kappa shape index (κ1) is 17.4. The zero-order valence-electron chi connectivity index (χ0n) is 13.0. The van der Waals surface area contributed by atoms with Crippen LogP contribution in [0, 0.1) is 0 Å². The third kappa shape index (κ3) is 4.78. The fraction of sp³-hybridized carbons (Fsp3) is 0.625. The van der Waals surface area contributed by atoms with Crippen molar-refractivity contribution < 1.29 is 13.2 Å². The van der Waals surface area contributed by atoms with Crippen LogP contribution in [-0.4, -0.2) is 43.8 Å². The number of hydrogen-bond acceptors (Lipinski definition) is 2. The molecule has 1 saturated heterocycles. The molecule has 0 aromatic heterocycles. The molecule has 6 heteroatoms. The van der Waals surface area contributed by atoms with Crippen molar-refractivity contribution in [2.45, 2.75) is 32.4 Å². The van der Waals surface area contributed by atoms with Crippen LogP contribution in [0.25, 0.3) is 0 Å². The molecule has 124 valence electrons. The Bertz CT molecular complexity index is 495. The molecule has 0 atom stereocenters. The highest BCUT2D eigenvalue weighted by Gasteiger charge is 2.29. The second kappa shape index (κ2) is 7.09. The maximum atomic E-state index is 12.3. The van der Waals surface area contributed by atoms with Crippen molar-refractivity contribution in [2.24, 2.45) is 0 Å². The van der Waals surface area contributed by atoms with Gasteiger partial charge in [0.2, 0.25) is 0 Å². The van der Waals surface area contributed by atoms with Crippen molar-refractivity contribution in [1.82, 2.24) is 4.90 Å². The van der Waals surface area contributed by atoms with Crippen molar-refractivity contribution >= 4 is 17.3 Å². The highest BCUT2D eigenvalue weighted by Crippen LogP contribution is 2.30. The van der Waals surface area contributed by atoms with E-state index in [0.717, 1.165) is 10.7 Å². The smallest absolute Gasteiger partial charge is 0.368 e. The zero-order chi connectivity index (χ0) is 16.3. The largest absolute Gasteiger partial charge is 0.390 e. The van der Waals surface area contributed by atoms with Gasteiger partial charge in [0.25, 0.3) is 0 Å². The van der Waals surface area contributed by atoms with Gasteiger partial charge in [0, 0.05) is 32.7 Å². The summed E-state index contributed by atoms with van der Waals surface area (Å²) in [7, 11) is 0. The average molecular weight is 335 g/mol. The highest BCUT2D eigenvalue weighted by atomic mass is 35.5. The van der Waals surface area contributed by atoms with Crippen molar-refractivity contribution in [2.75, 3.05) is 37.6 Å². The summed E-state index contributed by atoms with van der Waals surface area (Å²) in [6.45, 7) is 7.00. The summed E-state index contributed by atoms with van der Waals surface area (Å²) in [4.78, 5) is 4.01. The lowest BCUT2D eigenvalue weighted by Crippen LogP contribution is -2.47. The normalized spacial score (nSPS) is 17.3. The van der Waals surface area contributed by atoms with Gasteiger partial charge in [-0.3, -0.25) is 4.90 Å². The number of benzene rings is 1. The monoisotopic (exact) mass is 334 g/mol. The molecule has 0 aliphatic carbocycles. The van der Waals surface area contributed by atoms with Crippen LogP contribution in [0.5, 0.6) is 0 Å². The van der Waals surface area contributed by atoms with E-state index in [1.54, 1.807) is 0 Å². The molecule has 0 bridgehead atoms. The van der Waals surface area contributed by atoms with Crippen LogP contribution < -0.4 is 4.90 Å². The maximum absolute atomic E-state index is 12.3. The van der Waals surface area contributed by atoms with Gasteiger partial charge in [-0.2, -0.15) is 13.2 Å². The summed E-state index contributed by atoms with van der Waals surface area (Å²) in [6.07, 6.45) is -4.82. The summed E-state index contributed by atoms with van der Waals surface area (Å²) >= 11 is 6.36. The molecular weight excluding hydrogens is 313 g/mol. The van der Waals surface area contributed by atoms with E-state index < -0.39 is 12.6 Å². The SMILES string of the molecule is CC(C)c1ccc(N2CCN(CCC(F)(F)F)CC2)c(Cl)c1. The summed E-state index contributed by atoms with van der Waals surface area (Å²) in [5.41, 5.74) is 2.17. The van der Waals surface area contributed by atoms with Gasteiger partial charge in [0.1, 0.15) is 0 Å². The van der Waals surface area contributed by atoms with E-state index in [9.17, 15) is 13.2 Å². The van der Waals surface area contributed by atoms with Crippen LogP contribution in [0.1, 0.15) is 31.7 Å². The van der Waals surface area contributed by atoms with E-state index in [0.29, 0.717) is 32.1 Å². The Morgan fingerprint density at radius 3 is 2.27 bits per heavy atom.